The van der Waals surface area contributed by atoms with Gasteiger partial charge in [-0.2, -0.15) is 0 Å². The maximum Gasteiger partial charge on any atom is 0.249 e. The van der Waals surface area contributed by atoms with Crippen LogP contribution in [0.5, 0.6) is 0 Å². The van der Waals surface area contributed by atoms with Crippen molar-refractivity contribution in [3.8, 4) is 0 Å². The fraction of sp³-hybridized carbons (Fsp3) is 0.300. The third-order valence-corrected chi connectivity index (χ3v) is 4.58. The molecule has 1 aromatic carbocycles. The molecule has 136 valence electrons. The average molecular weight is 374 g/mol. The standard InChI is InChI=1S/C20H21ClFN3O/c1-12(2)19-18(6-8-24-20(19)26)25-14-5-7-23-15(11-14)9-13-3-4-17(22)16(21)10-13/h3-5,7,10-12H,6,8-9H2,1-2H3,(H,23,25)(H,24,26). The zero-order chi connectivity index (χ0) is 18.7. The predicted octanol–water partition coefficient (Wildman–Crippen LogP) is 4.31. The van der Waals surface area contributed by atoms with Crippen molar-refractivity contribution < 1.29 is 9.18 Å². The highest BCUT2D eigenvalue weighted by Crippen LogP contribution is 2.24. The molecular weight excluding hydrogens is 353 g/mol. The van der Waals surface area contributed by atoms with E-state index in [0.717, 1.165) is 34.6 Å². The molecule has 0 bridgehead atoms. The summed E-state index contributed by atoms with van der Waals surface area (Å²) in [5.41, 5.74) is 4.35. The number of hydrogen-bond acceptors (Lipinski definition) is 3. The molecule has 1 amide bonds. The lowest BCUT2D eigenvalue weighted by Crippen LogP contribution is -2.35. The van der Waals surface area contributed by atoms with Crippen molar-refractivity contribution >= 4 is 23.2 Å². The van der Waals surface area contributed by atoms with E-state index in [1.54, 1.807) is 18.3 Å². The first-order valence-electron chi connectivity index (χ1n) is 8.61. The van der Waals surface area contributed by atoms with E-state index in [-0.39, 0.29) is 16.8 Å². The molecule has 0 fully saturated rings. The number of carbonyl (C=O) groups excluding carboxylic acids is 1. The van der Waals surface area contributed by atoms with Gasteiger partial charge in [0.15, 0.2) is 0 Å². The SMILES string of the molecule is CC(C)C1=C(Nc2ccnc(Cc3ccc(F)c(Cl)c3)c2)CCNC1=O. The van der Waals surface area contributed by atoms with Crippen molar-refractivity contribution in [1.29, 1.82) is 0 Å². The summed E-state index contributed by atoms with van der Waals surface area (Å²) in [5, 5.41) is 6.38. The molecule has 0 radical (unpaired) electrons. The van der Waals surface area contributed by atoms with Crippen molar-refractivity contribution in [2.24, 2.45) is 5.92 Å². The van der Waals surface area contributed by atoms with Gasteiger partial charge in [0.2, 0.25) is 5.91 Å². The van der Waals surface area contributed by atoms with E-state index in [2.05, 4.69) is 15.6 Å². The van der Waals surface area contributed by atoms with Gasteiger partial charge in [-0.1, -0.05) is 31.5 Å². The van der Waals surface area contributed by atoms with Gasteiger partial charge in [-0.05, 0) is 35.7 Å². The maximum atomic E-state index is 13.3. The first-order valence-corrected chi connectivity index (χ1v) is 8.99. The lowest BCUT2D eigenvalue weighted by atomic mass is 9.96. The molecule has 0 saturated carbocycles. The number of nitrogens with zero attached hydrogens (tertiary/aromatic N) is 1. The Labute approximate surface area is 157 Å². The molecule has 0 saturated heterocycles. The minimum Gasteiger partial charge on any atom is -0.358 e. The summed E-state index contributed by atoms with van der Waals surface area (Å²) < 4.78 is 13.3. The molecular formula is C20H21ClFN3O. The Kier molecular flexibility index (Phi) is 5.57. The van der Waals surface area contributed by atoms with E-state index in [4.69, 9.17) is 11.6 Å². The van der Waals surface area contributed by atoms with Crippen molar-refractivity contribution in [2.45, 2.75) is 26.7 Å². The molecule has 0 spiro atoms. The minimum atomic E-state index is -0.428. The van der Waals surface area contributed by atoms with Crippen molar-refractivity contribution in [1.82, 2.24) is 10.3 Å². The number of pyridine rings is 1. The molecule has 3 rings (SSSR count). The Hall–Kier alpha value is -2.40. The Morgan fingerprint density at radius 1 is 1.31 bits per heavy atom. The molecule has 2 heterocycles. The Balaban J connectivity index is 1.82. The minimum absolute atomic E-state index is 0.0102. The summed E-state index contributed by atoms with van der Waals surface area (Å²) in [6.07, 6.45) is 3.04. The number of amides is 1. The lowest BCUT2D eigenvalue weighted by Gasteiger charge is -2.24. The Bertz CT molecular complexity index is 864. The zero-order valence-electron chi connectivity index (χ0n) is 14.8. The lowest BCUT2D eigenvalue weighted by molar-refractivity contribution is -0.118. The number of aromatic nitrogens is 1. The molecule has 0 unspecified atom stereocenters. The zero-order valence-corrected chi connectivity index (χ0v) is 15.5. The van der Waals surface area contributed by atoms with Gasteiger partial charge in [-0.25, -0.2) is 4.39 Å². The van der Waals surface area contributed by atoms with Crippen LogP contribution >= 0.6 is 11.6 Å². The number of benzene rings is 1. The van der Waals surface area contributed by atoms with Crippen LogP contribution in [0.15, 0.2) is 47.8 Å². The van der Waals surface area contributed by atoms with Gasteiger partial charge in [-0.15, -0.1) is 0 Å². The van der Waals surface area contributed by atoms with E-state index < -0.39 is 5.82 Å². The maximum absolute atomic E-state index is 13.3. The quantitative estimate of drug-likeness (QED) is 0.821. The highest BCUT2D eigenvalue weighted by molar-refractivity contribution is 6.30. The van der Waals surface area contributed by atoms with Gasteiger partial charge < -0.3 is 10.6 Å². The second-order valence-electron chi connectivity index (χ2n) is 6.64. The van der Waals surface area contributed by atoms with Crippen LogP contribution in [0.25, 0.3) is 0 Å². The van der Waals surface area contributed by atoms with Crippen LogP contribution < -0.4 is 10.6 Å². The smallest absolute Gasteiger partial charge is 0.249 e. The molecule has 1 aromatic heterocycles. The second-order valence-corrected chi connectivity index (χ2v) is 7.05. The predicted molar refractivity (Wildman–Crippen MR) is 102 cm³/mol. The number of rotatable bonds is 5. The molecule has 26 heavy (non-hydrogen) atoms. The molecule has 2 N–H and O–H groups in total. The van der Waals surface area contributed by atoms with Gasteiger partial charge in [0.05, 0.1) is 5.02 Å². The second kappa shape index (κ2) is 7.87. The van der Waals surface area contributed by atoms with Gasteiger partial charge >= 0.3 is 0 Å². The van der Waals surface area contributed by atoms with E-state index in [1.165, 1.54) is 6.07 Å². The summed E-state index contributed by atoms with van der Waals surface area (Å²) in [7, 11) is 0. The van der Waals surface area contributed by atoms with Crippen LogP contribution in [0.1, 0.15) is 31.5 Å². The Morgan fingerprint density at radius 3 is 2.85 bits per heavy atom. The van der Waals surface area contributed by atoms with Crippen molar-refractivity contribution in [2.75, 3.05) is 11.9 Å². The molecule has 4 nitrogen and oxygen atoms in total. The van der Waals surface area contributed by atoms with Crippen molar-refractivity contribution in [3.05, 3.63) is 69.9 Å². The largest absolute Gasteiger partial charge is 0.358 e. The van der Waals surface area contributed by atoms with Gasteiger partial charge in [-0.3, -0.25) is 9.78 Å². The first-order chi connectivity index (χ1) is 12.4. The van der Waals surface area contributed by atoms with E-state index in [9.17, 15) is 9.18 Å². The topological polar surface area (TPSA) is 54.0 Å². The van der Waals surface area contributed by atoms with Crippen molar-refractivity contribution in [3.63, 3.8) is 0 Å². The van der Waals surface area contributed by atoms with Gasteiger partial charge in [0, 0.05) is 48.2 Å². The van der Waals surface area contributed by atoms with Gasteiger partial charge in [0.25, 0.3) is 0 Å². The average Bonchev–Trinajstić information content (AvgIpc) is 2.58. The molecule has 0 atom stereocenters. The van der Waals surface area contributed by atoms with Crippen LogP contribution in [0.4, 0.5) is 10.1 Å². The van der Waals surface area contributed by atoms with Crippen LogP contribution in [-0.2, 0) is 11.2 Å². The summed E-state index contributed by atoms with van der Waals surface area (Å²) in [6.45, 7) is 4.65. The third kappa shape index (κ3) is 4.22. The fourth-order valence-electron chi connectivity index (χ4n) is 3.09. The molecule has 1 aliphatic heterocycles. The fourth-order valence-corrected chi connectivity index (χ4v) is 3.30. The molecule has 0 aliphatic carbocycles. The van der Waals surface area contributed by atoms with E-state index in [0.29, 0.717) is 13.0 Å². The summed E-state index contributed by atoms with van der Waals surface area (Å²) in [5.74, 6) is -0.299. The number of anilines is 1. The van der Waals surface area contributed by atoms with Crippen LogP contribution in [0.2, 0.25) is 5.02 Å². The first kappa shape index (κ1) is 18.4. The third-order valence-electron chi connectivity index (χ3n) is 4.29. The number of hydrogen-bond donors (Lipinski definition) is 2. The molecule has 1 aliphatic rings. The highest BCUT2D eigenvalue weighted by Gasteiger charge is 2.22. The van der Waals surface area contributed by atoms with Crippen LogP contribution in [-0.4, -0.2) is 17.4 Å². The number of carbonyl (C=O) groups is 1. The summed E-state index contributed by atoms with van der Waals surface area (Å²) >= 11 is 5.85. The summed E-state index contributed by atoms with van der Waals surface area (Å²) in [6, 6.07) is 8.49. The molecule has 2 aromatic rings. The van der Waals surface area contributed by atoms with Crippen LogP contribution in [0, 0.1) is 11.7 Å². The normalized spacial score (nSPS) is 14.6. The monoisotopic (exact) mass is 373 g/mol. The van der Waals surface area contributed by atoms with Gasteiger partial charge in [0.1, 0.15) is 5.82 Å². The number of nitrogens with one attached hydrogen (secondary N) is 2. The van der Waals surface area contributed by atoms with Crippen LogP contribution in [0.3, 0.4) is 0 Å². The summed E-state index contributed by atoms with van der Waals surface area (Å²) in [4.78, 5) is 16.5. The van der Waals surface area contributed by atoms with E-state index >= 15 is 0 Å². The molecule has 6 heteroatoms. The Morgan fingerprint density at radius 2 is 2.12 bits per heavy atom. The highest BCUT2D eigenvalue weighted by atomic mass is 35.5. The van der Waals surface area contributed by atoms with E-state index in [1.807, 2.05) is 26.0 Å². The number of halogens is 2.